The number of rotatable bonds is 2. The van der Waals surface area contributed by atoms with E-state index < -0.39 is 0 Å². The van der Waals surface area contributed by atoms with Gasteiger partial charge in [-0.1, -0.05) is 37.9 Å². The summed E-state index contributed by atoms with van der Waals surface area (Å²) in [7, 11) is 0. The predicted octanol–water partition coefficient (Wildman–Crippen LogP) is 4.22. The Balaban J connectivity index is 2.75. The Bertz CT molecular complexity index is 233. The van der Waals surface area contributed by atoms with Crippen molar-refractivity contribution in [2.75, 3.05) is 0 Å². The molecular weight excluding hydrogens is 331 g/mol. The predicted molar refractivity (Wildman–Crippen MR) is 68.6 cm³/mol. The summed E-state index contributed by atoms with van der Waals surface area (Å²) in [6, 6.07) is 0. The summed E-state index contributed by atoms with van der Waals surface area (Å²) < 4.78 is 6.08. The van der Waals surface area contributed by atoms with Crippen LogP contribution in [0.4, 0.5) is 0 Å². The zero-order valence-corrected chi connectivity index (χ0v) is 12.5. The molecule has 0 radical (unpaired) electrons. The third-order valence-electron chi connectivity index (χ3n) is 2.41. The molecule has 1 nitrogen and oxygen atoms in total. The zero-order chi connectivity index (χ0) is 10.9. The van der Waals surface area contributed by atoms with Gasteiger partial charge >= 0.3 is 0 Å². The molecule has 0 aromatic carbocycles. The Morgan fingerprint density at radius 2 is 2.14 bits per heavy atom. The molecule has 0 amide bonds. The molecule has 0 spiro atoms. The Morgan fingerprint density at radius 1 is 1.57 bits per heavy atom. The van der Waals surface area contributed by atoms with Gasteiger partial charge in [0.1, 0.15) is 6.10 Å². The van der Waals surface area contributed by atoms with Gasteiger partial charge in [-0.2, -0.15) is 0 Å². The lowest BCUT2D eigenvalue weighted by atomic mass is 9.97. The van der Waals surface area contributed by atoms with Crippen molar-refractivity contribution in [1.29, 1.82) is 0 Å². The molecular formula is C10H15Br2ClO. The van der Waals surface area contributed by atoms with E-state index in [-0.39, 0.29) is 20.8 Å². The number of ether oxygens (including phenoxy) is 1. The van der Waals surface area contributed by atoms with Crippen LogP contribution in [0.3, 0.4) is 0 Å². The summed E-state index contributed by atoms with van der Waals surface area (Å²) in [6.07, 6.45) is 3.26. The molecule has 4 heteroatoms. The first kappa shape index (κ1) is 13.0. The van der Waals surface area contributed by atoms with Gasteiger partial charge in [-0.3, -0.25) is 0 Å². The molecule has 1 heterocycles. The van der Waals surface area contributed by atoms with Crippen LogP contribution in [0, 0.1) is 0 Å². The third-order valence-corrected chi connectivity index (χ3v) is 3.61. The fourth-order valence-corrected chi connectivity index (χ4v) is 2.67. The van der Waals surface area contributed by atoms with Crippen LogP contribution in [0.1, 0.15) is 27.2 Å². The summed E-state index contributed by atoms with van der Waals surface area (Å²) in [6.45, 7) is 6.06. The van der Waals surface area contributed by atoms with E-state index in [1.54, 1.807) is 0 Å². The highest BCUT2D eigenvalue weighted by molar-refractivity contribution is 9.24. The van der Waals surface area contributed by atoms with Crippen LogP contribution in [-0.2, 0) is 4.74 Å². The van der Waals surface area contributed by atoms with Crippen molar-refractivity contribution < 1.29 is 4.74 Å². The summed E-state index contributed by atoms with van der Waals surface area (Å²) in [5, 5.41) is 0. The van der Waals surface area contributed by atoms with E-state index in [9.17, 15) is 0 Å². The van der Waals surface area contributed by atoms with E-state index in [4.69, 9.17) is 16.3 Å². The molecule has 1 rings (SSSR count). The van der Waals surface area contributed by atoms with E-state index in [0.717, 1.165) is 6.42 Å². The minimum atomic E-state index is -0.315. The van der Waals surface area contributed by atoms with Crippen LogP contribution in [0.25, 0.3) is 0 Å². The molecule has 0 saturated carbocycles. The van der Waals surface area contributed by atoms with Gasteiger partial charge in [0, 0.05) is 0 Å². The van der Waals surface area contributed by atoms with Crippen molar-refractivity contribution in [2.45, 2.75) is 48.0 Å². The smallest absolute Gasteiger partial charge is 0.101 e. The summed E-state index contributed by atoms with van der Waals surface area (Å²) in [5.41, 5.74) is 1.25. The maximum Gasteiger partial charge on any atom is 0.101 e. The maximum atomic E-state index is 6.24. The average molecular weight is 346 g/mol. The Kier molecular flexibility index (Phi) is 4.51. The van der Waals surface area contributed by atoms with Crippen molar-refractivity contribution in [3.8, 4) is 0 Å². The average Bonchev–Trinajstić information content (AvgIpc) is 2.02. The Morgan fingerprint density at radius 3 is 2.57 bits per heavy atom. The number of halogens is 3. The minimum absolute atomic E-state index is 0.0757. The molecule has 0 aromatic heterocycles. The van der Waals surface area contributed by atoms with Crippen molar-refractivity contribution in [3.63, 3.8) is 0 Å². The highest BCUT2D eigenvalue weighted by atomic mass is 79.9. The third kappa shape index (κ3) is 3.22. The fraction of sp³-hybridized carbons (Fsp3) is 0.800. The van der Waals surface area contributed by atoms with Crippen molar-refractivity contribution in [1.82, 2.24) is 0 Å². The monoisotopic (exact) mass is 344 g/mol. The van der Waals surface area contributed by atoms with Gasteiger partial charge < -0.3 is 4.74 Å². The molecule has 0 saturated heterocycles. The van der Waals surface area contributed by atoms with Crippen LogP contribution < -0.4 is 0 Å². The second-order valence-corrected chi connectivity index (χ2v) is 8.30. The van der Waals surface area contributed by atoms with Crippen LogP contribution in [0.5, 0.6) is 0 Å². The maximum absolute atomic E-state index is 6.24. The van der Waals surface area contributed by atoms with Gasteiger partial charge in [-0.05, 0) is 32.8 Å². The number of hydrogen-bond acceptors (Lipinski definition) is 1. The lowest BCUT2D eigenvalue weighted by Gasteiger charge is -2.36. The van der Waals surface area contributed by atoms with E-state index in [1.165, 1.54) is 5.57 Å². The molecule has 0 unspecified atom stereocenters. The van der Waals surface area contributed by atoms with E-state index in [0.29, 0.717) is 0 Å². The Hall–Kier alpha value is 0.950. The highest BCUT2D eigenvalue weighted by Gasteiger charge is 2.34. The molecule has 82 valence electrons. The molecule has 0 fully saturated rings. The van der Waals surface area contributed by atoms with Crippen LogP contribution >= 0.6 is 43.5 Å². The second kappa shape index (κ2) is 4.86. The van der Waals surface area contributed by atoms with E-state index in [2.05, 4.69) is 44.9 Å². The van der Waals surface area contributed by atoms with Crippen LogP contribution in [0.15, 0.2) is 11.6 Å². The highest BCUT2D eigenvalue weighted by Crippen LogP contribution is 2.34. The fourth-order valence-electron chi connectivity index (χ4n) is 1.45. The SMILES string of the molecule is CC1=CC[C@H](C(C)(C)Cl)O[C@H]1C(Br)Br. The van der Waals surface area contributed by atoms with Crippen LogP contribution in [-0.4, -0.2) is 20.8 Å². The van der Waals surface area contributed by atoms with Gasteiger partial charge in [0.25, 0.3) is 0 Å². The lowest BCUT2D eigenvalue weighted by molar-refractivity contribution is -0.00931. The molecule has 0 bridgehead atoms. The second-order valence-electron chi connectivity index (χ2n) is 4.13. The largest absolute Gasteiger partial charge is 0.366 e. The lowest BCUT2D eigenvalue weighted by Crippen LogP contribution is -2.41. The molecule has 0 aromatic rings. The number of hydrogen-bond donors (Lipinski definition) is 0. The quantitative estimate of drug-likeness (QED) is 0.537. The van der Waals surface area contributed by atoms with Gasteiger partial charge in [-0.15, -0.1) is 11.6 Å². The van der Waals surface area contributed by atoms with Gasteiger partial charge in [0.2, 0.25) is 0 Å². The first-order chi connectivity index (χ1) is 6.32. The standard InChI is InChI=1S/C10H15Br2ClO/c1-6-4-5-7(10(2,3)13)14-8(6)9(11)12/h4,7-9H,5H2,1-3H3/t7-,8-/m1/s1. The van der Waals surface area contributed by atoms with Gasteiger partial charge in [0.15, 0.2) is 0 Å². The van der Waals surface area contributed by atoms with Crippen molar-refractivity contribution >= 4 is 43.5 Å². The topological polar surface area (TPSA) is 9.23 Å². The van der Waals surface area contributed by atoms with Crippen LogP contribution in [0.2, 0.25) is 0 Å². The van der Waals surface area contributed by atoms with E-state index >= 15 is 0 Å². The zero-order valence-electron chi connectivity index (χ0n) is 8.56. The molecule has 0 aliphatic carbocycles. The molecule has 1 aliphatic heterocycles. The number of alkyl halides is 3. The molecule has 14 heavy (non-hydrogen) atoms. The molecule has 1 aliphatic rings. The van der Waals surface area contributed by atoms with Crippen molar-refractivity contribution in [2.24, 2.45) is 0 Å². The van der Waals surface area contributed by atoms with Crippen molar-refractivity contribution in [3.05, 3.63) is 11.6 Å². The summed E-state index contributed by atoms with van der Waals surface area (Å²) in [5.74, 6) is 0. The normalized spacial score (nSPS) is 29.2. The Labute approximate surface area is 107 Å². The summed E-state index contributed by atoms with van der Waals surface area (Å²) >= 11 is 13.2. The van der Waals surface area contributed by atoms with Gasteiger partial charge in [-0.25, -0.2) is 0 Å². The molecule has 0 N–H and O–H groups in total. The molecule has 2 atom stereocenters. The van der Waals surface area contributed by atoms with Gasteiger partial charge in [0.05, 0.1) is 14.7 Å². The first-order valence-electron chi connectivity index (χ1n) is 4.61. The van der Waals surface area contributed by atoms with E-state index in [1.807, 2.05) is 13.8 Å². The minimum Gasteiger partial charge on any atom is -0.366 e. The summed E-state index contributed by atoms with van der Waals surface area (Å²) in [4.78, 5) is -0.315. The first-order valence-corrected chi connectivity index (χ1v) is 6.82.